The maximum absolute atomic E-state index is 12.6. The molecule has 1 aromatic carbocycles. The maximum atomic E-state index is 12.6. The van der Waals surface area contributed by atoms with E-state index in [2.05, 4.69) is 74.2 Å². The van der Waals surface area contributed by atoms with Gasteiger partial charge >= 0.3 is 10.3 Å². The van der Waals surface area contributed by atoms with Gasteiger partial charge in [0.25, 0.3) is 5.91 Å². The van der Waals surface area contributed by atoms with Crippen molar-refractivity contribution in [1.82, 2.24) is 10.0 Å². The Morgan fingerprint density at radius 2 is 1.95 bits per heavy atom. The number of hydrogen-bond donors (Lipinski definition) is 5. The summed E-state index contributed by atoms with van der Waals surface area (Å²) >= 11 is 13.4. The molecule has 0 unspecified atom stereocenters. The number of aliphatic hydroxyl groups is 2. The molecule has 0 bridgehead atoms. The summed E-state index contributed by atoms with van der Waals surface area (Å²) in [6, 6.07) is 3.11. The van der Waals surface area contributed by atoms with Gasteiger partial charge in [0.1, 0.15) is 23.3 Å². The van der Waals surface area contributed by atoms with E-state index in [0.29, 0.717) is 41.4 Å². The third-order valence-electron chi connectivity index (χ3n) is 5.46. The number of benzene rings is 1. The van der Waals surface area contributed by atoms with E-state index in [1.165, 1.54) is 7.11 Å². The van der Waals surface area contributed by atoms with E-state index < -0.39 is 40.6 Å². The Labute approximate surface area is 252 Å². The second-order valence-corrected chi connectivity index (χ2v) is 12.8. The van der Waals surface area contributed by atoms with Crippen LogP contribution in [0.3, 0.4) is 0 Å². The van der Waals surface area contributed by atoms with Crippen molar-refractivity contribution in [1.29, 1.82) is 0 Å². The first-order valence-electron chi connectivity index (χ1n) is 10.8. The first-order chi connectivity index (χ1) is 17.8. The Balaban J connectivity index is 1.47. The fraction of sp³-hybridized carbons (Fsp3) is 0.429. The molecule has 12 nitrogen and oxygen atoms in total. The molecular formula is C21H23Br4N3O9S. The molecule has 2 aliphatic rings. The minimum atomic E-state index is -4.43. The average molecular weight is 813 g/mol. The number of nitrogens with zero attached hydrogens (tertiary/aromatic N) is 1. The highest BCUT2D eigenvalue weighted by Gasteiger charge is 2.50. The van der Waals surface area contributed by atoms with Gasteiger partial charge < -0.3 is 29.8 Å². The van der Waals surface area contributed by atoms with E-state index in [4.69, 9.17) is 18.9 Å². The van der Waals surface area contributed by atoms with Gasteiger partial charge in [-0.25, -0.2) is 0 Å². The molecule has 0 saturated carbocycles. The van der Waals surface area contributed by atoms with E-state index >= 15 is 0 Å². The highest BCUT2D eigenvalue weighted by atomic mass is 79.9. The van der Waals surface area contributed by atoms with Gasteiger partial charge in [-0.05, 0) is 93.9 Å². The summed E-state index contributed by atoms with van der Waals surface area (Å²) in [5.74, 6) is 0.432. The zero-order valence-electron chi connectivity index (χ0n) is 19.6. The number of methoxy groups -OCH3 is 1. The molecule has 5 N–H and O–H groups in total. The van der Waals surface area contributed by atoms with Gasteiger partial charge in [0.15, 0.2) is 5.60 Å². The van der Waals surface area contributed by atoms with Crippen LogP contribution >= 0.6 is 63.7 Å². The molecule has 1 heterocycles. The molecule has 0 radical (unpaired) electrons. The summed E-state index contributed by atoms with van der Waals surface area (Å²) < 4.78 is 45.1. The first kappa shape index (κ1) is 31.5. The number of hydrogen-bond acceptors (Lipinski definition) is 9. The van der Waals surface area contributed by atoms with Crippen molar-refractivity contribution in [2.45, 2.75) is 30.7 Å². The molecule has 1 spiro atoms. The third kappa shape index (κ3) is 7.57. The quantitative estimate of drug-likeness (QED) is 0.166. The van der Waals surface area contributed by atoms with Crippen molar-refractivity contribution in [3.63, 3.8) is 0 Å². The fourth-order valence-electron chi connectivity index (χ4n) is 3.58. The molecule has 38 heavy (non-hydrogen) atoms. The molecule has 210 valence electrons. The zero-order chi connectivity index (χ0) is 28.3. The van der Waals surface area contributed by atoms with E-state index in [1.807, 2.05) is 4.72 Å². The van der Waals surface area contributed by atoms with Crippen LogP contribution in [0.4, 0.5) is 0 Å². The van der Waals surface area contributed by atoms with Crippen molar-refractivity contribution in [2.24, 2.45) is 5.16 Å². The van der Waals surface area contributed by atoms with Crippen LogP contribution in [0.5, 0.6) is 5.75 Å². The van der Waals surface area contributed by atoms with E-state index in [9.17, 15) is 23.4 Å². The van der Waals surface area contributed by atoms with Crippen LogP contribution in [-0.4, -0.2) is 73.3 Å². The molecule has 0 saturated heterocycles. The number of ether oxygens (including phenoxy) is 2. The molecule has 1 amide bonds. The predicted octanol–water partition coefficient (Wildman–Crippen LogP) is 2.94. The average Bonchev–Trinajstić information content (AvgIpc) is 3.26. The van der Waals surface area contributed by atoms with Gasteiger partial charge in [0.05, 0.1) is 37.7 Å². The summed E-state index contributed by atoms with van der Waals surface area (Å²) in [5.41, 5.74) is -0.732. The summed E-state index contributed by atoms with van der Waals surface area (Å²) in [7, 11) is -2.96. The molecule has 1 aromatic rings. The Kier molecular flexibility index (Phi) is 10.8. The van der Waals surface area contributed by atoms with Gasteiger partial charge in [-0.1, -0.05) is 5.16 Å². The lowest BCUT2D eigenvalue weighted by atomic mass is 9.87. The van der Waals surface area contributed by atoms with Gasteiger partial charge in [0, 0.05) is 19.5 Å². The number of allylic oxidation sites excluding steroid dienone is 1. The molecular weight excluding hydrogens is 790 g/mol. The van der Waals surface area contributed by atoms with Crippen LogP contribution < -0.4 is 14.8 Å². The van der Waals surface area contributed by atoms with Gasteiger partial charge in [0.2, 0.25) is 0 Å². The molecule has 3 atom stereocenters. The van der Waals surface area contributed by atoms with Crippen LogP contribution in [0.1, 0.15) is 24.5 Å². The fourth-order valence-corrected chi connectivity index (χ4v) is 7.19. The molecule has 3 rings (SSSR count). The van der Waals surface area contributed by atoms with Gasteiger partial charge in [-0.15, -0.1) is 0 Å². The molecule has 1 aliphatic heterocycles. The van der Waals surface area contributed by atoms with Crippen molar-refractivity contribution in [3.8, 4) is 5.75 Å². The maximum Gasteiger partial charge on any atom is 0.333 e. The van der Waals surface area contributed by atoms with Crippen LogP contribution in [0.2, 0.25) is 0 Å². The van der Waals surface area contributed by atoms with Crippen molar-refractivity contribution < 1.29 is 42.3 Å². The summed E-state index contributed by atoms with van der Waals surface area (Å²) in [6.45, 7) is 0.101. The molecule has 0 fully saturated rings. The minimum Gasteiger partial charge on any atom is -0.495 e. The molecule has 17 heteroatoms. The largest absolute Gasteiger partial charge is 0.495 e. The lowest BCUT2D eigenvalue weighted by molar-refractivity contribution is -0.114. The van der Waals surface area contributed by atoms with Crippen LogP contribution in [0.25, 0.3) is 0 Å². The summed E-state index contributed by atoms with van der Waals surface area (Å²) in [6.07, 6.45) is -0.212. The lowest BCUT2D eigenvalue weighted by Gasteiger charge is -2.33. The topological polar surface area (TPSA) is 176 Å². The highest BCUT2D eigenvalue weighted by Crippen LogP contribution is 2.44. The number of rotatable bonds is 11. The van der Waals surface area contributed by atoms with Crippen molar-refractivity contribution in [3.05, 3.63) is 47.4 Å². The van der Waals surface area contributed by atoms with Gasteiger partial charge in [-0.3, -0.25) is 9.35 Å². The summed E-state index contributed by atoms with van der Waals surface area (Å²) in [5, 5.41) is 27.5. The van der Waals surface area contributed by atoms with Crippen molar-refractivity contribution in [2.75, 3.05) is 26.8 Å². The number of carbonyl (C=O) groups excluding carboxylic acids is 1. The number of nitrogens with one attached hydrogen (secondary N) is 2. The number of oxime groups is 1. The minimum absolute atomic E-state index is 0.0511. The monoisotopic (exact) mass is 809 g/mol. The van der Waals surface area contributed by atoms with E-state index in [-0.39, 0.29) is 25.3 Å². The Morgan fingerprint density at radius 3 is 2.55 bits per heavy atom. The van der Waals surface area contributed by atoms with Gasteiger partial charge in [-0.2, -0.15) is 13.1 Å². The second kappa shape index (κ2) is 13.1. The standard InChI is InChI=1S/C21H23Br4N3O9S/c1-35-18-13(24)7-21(19(30)16(18)25)8-14(28-37-21)20(31)26-3-2-4-36-17-11(22)5-10(6-12(17)23)15(29)9-27-38(32,33)34/h5-7,15,19,27,29-30H,2-4,8-9H2,1H3,(H,26,31)(H,32,33,34)/t15-,19+,21-/m0/s1. The lowest BCUT2D eigenvalue weighted by Crippen LogP contribution is -2.45. The van der Waals surface area contributed by atoms with Crippen LogP contribution in [0.15, 0.2) is 47.0 Å². The number of amides is 1. The number of carbonyl (C=O) groups is 1. The molecule has 1 aliphatic carbocycles. The zero-order valence-corrected chi connectivity index (χ0v) is 26.7. The highest BCUT2D eigenvalue weighted by molar-refractivity contribution is 9.12. The Morgan fingerprint density at radius 1 is 1.29 bits per heavy atom. The van der Waals surface area contributed by atoms with E-state index in [0.717, 1.165) is 0 Å². The second-order valence-electron chi connectivity index (χ2n) is 8.15. The Hall–Kier alpha value is -1.05. The van der Waals surface area contributed by atoms with Crippen LogP contribution in [0, 0.1) is 0 Å². The number of aliphatic hydroxyl groups excluding tert-OH is 2. The van der Waals surface area contributed by atoms with Crippen LogP contribution in [-0.2, 0) is 24.7 Å². The number of halogens is 4. The first-order valence-corrected chi connectivity index (χ1v) is 15.4. The third-order valence-corrected chi connectivity index (χ3v) is 8.55. The summed E-state index contributed by atoms with van der Waals surface area (Å²) in [4.78, 5) is 18.1. The molecule has 0 aromatic heterocycles. The Bertz CT molecular complexity index is 1270. The smallest absolute Gasteiger partial charge is 0.333 e. The predicted molar refractivity (Wildman–Crippen MR) is 151 cm³/mol. The SMILES string of the molecule is COC1=C(Br)[C@@H](O)[C@]2(C=C1Br)CC(C(=O)NCCCOc1c(Br)cc([C@@H](O)CNS(=O)(=O)O)cc1Br)=NO2. The normalized spacial score (nSPS) is 22.1. The van der Waals surface area contributed by atoms with E-state index in [1.54, 1.807) is 18.2 Å². The van der Waals surface area contributed by atoms with Crippen molar-refractivity contribution >= 4 is 85.6 Å².